The number of aliphatic hydroxyl groups excluding tert-OH is 3. The molecule has 5 atom stereocenters. The summed E-state index contributed by atoms with van der Waals surface area (Å²) in [6, 6.07) is 1.38. The van der Waals surface area contributed by atoms with Gasteiger partial charge in [0.15, 0.2) is 17.6 Å². The predicted octanol–water partition coefficient (Wildman–Crippen LogP) is 0.439. The van der Waals surface area contributed by atoms with Crippen molar-refractivity contribution < 1.29 is 44.2 Å². The summed E-state index contributed by atoms with van der Waals surface area (Å²) in [5, 5.41) is 40.5. The molecular formula is C19H24O9. The molecule has 9 heteroatoms. The topological polar surface area (TPSA) is 135 Å². The summed E-state index contributed by atoms with van der Waals surface area (Å²) in [5.41, 5.74) is 1.07. The number of hydrogen-bond donors (Lipinski definition) is 4. The van der Waals surface area contributed by atoms with E-state index in [2.05, 4.69) is 0 Å². The van der Waals surface area contributed by atoms with Crippen LogP contribution in [0.3, 0.4) is 0 Å². The number of allylic oxidation sites excluding steroid dienone is 1. The number of hydrogen-bond acceptors (Lipinski definition) is 9. The molecule has 1 aromatic rings. The Morgan fingerprint density at radius 1 is 1.29 bits per heavy atom. The highest BCUT2D eigenvalue weighted by atomic mass is 16.6. The van der Waals surface area contributed by atoms with Gasteiger partial charge in [0.25, 0.3) is 0 Å². The average Bonchev–Trinajstić information content (AvgIpc) is 2.65. The molecule has 3 rings (SSSR count). The zero-order valence-corrected chi connectivity index (χ0v) is 15.8. The number of ether oxygens (including phenoxy) is 4. The van der Waals surface area contributed by atoms with Crippen LogP contribution in [0.15, 0.2) is 17.7 Å². The van der Waals surface area contributed by atoms with Gasteiger partial charge in [-0.25, -0.2) is 4.79 Å². The van der Waals surface area contributed by atoms with Crippen molar-refractivity contribution in [1.82, 2.24) is 0 Å². The van der Waals surface area contributed by atoms with E-state index in [0.29, 0.717) is 0 Å². The normalized spacial score (nSPS) is 28.6. The summed E-state index contributed by atoms with van der Waals surface area (Å²) in [5.74, 6) is -1.06. The fraction of sp³-hybridized carbons (Fsp3) is 0.526. The standard InChI is InChI=1S/C19H24O9/c1-8(2)4-5-26-10-6-9-12(14(22)16(10)25-3)17-18(28-19(9)24)15(23)13(21)11(7-20)27-17/h4,6,11,13,15,17-18,20-23H,5,7H2,1-3H3/t11-,13-,15+,17+,18-/m1/s1. The van der Waals surface area contributed by atoms with Gasteiger partial charge in [-0.15, -0.1) is 0 Å². The van der Waals surface area contributed by atoms with Crippen LogP contribution in [0, 0.1) is 0 Å². The summed E-state index contributed by atoms with van der Waals surface area (Å²) >= 11 is 0. The maximum Gasteiger partial charge on any atom is 0.339 e. The number of phenols is 1. The van der Waals surface area contributed by atoms with E-state index in [4.69, 9.17) is 18.9 Å². The highest BCUT2D eigenvalue weighted by molar-refractivity contribution is 5.95. The lowest BCUT2D eigenvalue weighted by molar-refractivity contribution is -0.235. The summed E-state index contributed by atoms with van der Waals surface area (Å²) in [4.78, 5) is 12.5. The first-order chi connectivity index (χ1) is 13.3. The first-order valence-electron chi connectivity index (χ1n) is 8.83. The third-order valence-electron chi connectivity index (χ3n) is 4.81. The molecule has 1 aromatic carbocycles. The molecule has 2 aliphatic heterocycles. The second-order valence-corrected chi connectivity index (χ2v) is 6.94. The number of carbonyl (C=O) groups is 1. The van der Waals surface area contributed by atoms with Crippen LogP contribution in [0.2, 0.25) is 0 Å². The predicted molar refractivity (Wildman–Crippen MR) is 95.5 cm³/mol. The lowest BCUT2D eigenvalue weighted by Gasteiger charge is -2.44. The van der Waals surface area contributed by atoms with Gasteiger partial charge in [-0.1, -0.05) is 5.57 Å². The highest BCUT2D eigenvalue weighted by Gasteiger charge is 2.52. The van der Waals surface area contributed by atoms with E-state index < -0.39 is 43.1 Å². The van der Waals surface area contributed by atoms with Crippen molar-refractivity contribution in [2.75, 3.05) is 20.3 Å². The van der Waals surface area contributed by atoms with Gasteiger partial charge in [0.2, 0.25) is 5.75 Å². The van der Waals surface area contributed by atoms with Crippen LogP contribution in [0.4, 0.5) is 0 Å². The van der Waals surface area contributed by atoms with Gasteiger partial charge < -0.3 is 39.4 Å². The average molecular weight is 396 g/mol. The van der Waals surface area contributed by atoms with E-state index in [1.807, 2.05) is 19.9 Å². The number of benzene rings is 1. The largest absolute Gasteiger partial charge is 0.504 e. The molecule has 0 spiro atoms. The second-order valence-electron chi connectivity index (χ2n) is 6.94. The van der Waals surface area contributed by atoms with Gasteiger partial charge in [-0.05, 0) is 26.0 Å². The Kier molecular flexibility index (Phi) is 5.80. The lowest BCUT2D eigenvalue weighted by Crippen LogP contribution is -2.58. The van der Waals surface area contributed by atoms with Crippen molar-refractivity contribution in [3.05, 3.63) is 28.8 Å². The fourth-order valence-electron chi connectivity index (χ4n) is 3.34. The van der Waals surface area contributed by atoms with E-state index in [9.17, 15) is 25.2 Å². The SMILES string of the molecule is COc1c(OCC=C(C)C)cc2c(c1O)[C@@H]1O[C@H](CO)[C@@H](O)[C@H](O)[C@H]1OC2=O. The highest BCUT2D eigenvalue weighted by Crippen LogP contribution is 2.50. The lowest BCUT2D eigenvalue weighted by atomic mass is 9.86. The van der Waals surface area contributed by atoms with Crippen molar-refractivity contribution in [2.45, 2.75) is 44.4 Å². The molecular weight excluding hydrogens is 372 g/mol. The number of fused-ring (bicyclic) bond motifs is 3. The molecule has 0 radical (unpaired) electrons. The van der Waals surface area contributed by atoms with Crippen LogP contribution in [0.25, 0.3) is 0 Å². The van der Waals surface area contributed by atoms with Gasteiger partial charge in [0.1, 0.15) is 31.0 Å². The maximum absolute atomic E-state index is 12.5. The first-order valence-corrected chi connectivity index (χ1v) is 8.83. The third-order valence-corrected chi connectivity index (χ3v) is 4.81. The number of phenolic OH excluding ortho intramolecular Hbond substituents is 1. The van der Waals surface area contributed by atoms with Crippen molar-refractivity contribution in [2.24, 2.45) is 0 Å². The molecule has 4 N–H and O–H groups in total. The number of rotatable bonds is 5. The van der Waals surface area contributed by atoms with Gasteiger partial charge in [-0.3, -0.25) is 0 Å². The van der Waals surface area contributed by atoms with Crippen molar-refractivity contribution in [3.63, 3.8) is 0 Å². The van der Waals surface area contributed by atoms with E-state index in [0.717, 1.165) is 5.57 Å². The molecule has 1 saturated heterocycles. The van der Waals surface area contributed by atoms with Gasteiger partial charge in [-0.2, -0.15) is 0 Å². The Balaban J connectivity index is 2.06. The zero-order chi connectivity index (χ0) is 20.6. The zero-order valence-electron chi connectivity index (χ0n) is 15.8. The maximum atomic E-state index is 12.5. The fourth-order valence-corrected chi connectivity index (χ4v) is 3.34. The van der Waals surface area contributed by atoms with E-state index in [-0.39, 0.29) is 35.0 Å². The second kappa shape index (κ2) is 7.96. The van der Waals surface area contributed by atoms with Crippen LogP contribution < -0.4 is 9.47 Å². The minimum absolute atomic E-state index is 0.000818. The van der Waals surface area contributed by atoms with Crippen molar-refractivity contribution in [3.8, 4) is 17.2 Å². The Hall–Kier alpha value is -2.33. The van der Waals surface area contributed by atoms with Gasteiger partial charge in [0, 0.05) is 5.56 Å². The van der Waals surface area contributed by atoms with Gasteiger partial charge in [0.05, 0.1) is 19.3 Å². The van der Waals surface area contributed by atoms with E-state index in [1.54, 1.807) is 0 Å². The number of methoxy groups -OCH3 is 1. The molecule has 0 saturated carbocycles. The molecule has 1 fully saturated rings. The molecule has 0 amide bonds. The van der Waals surface area contributed by atoms with Crippen molar-refractivity contribution in [1.29, 1.82) is 0 Å². The minimum atomic E-state index is -1.49. The summed E-state index contributed by atoms with van der Waals surface area (Å²) in [7, 11) is 1.34. The number of esters is 1. The quantitative estimate of drug-likeness (QED) is 0.413. The molecule has 2 heterocycles. The Labute approximate surface area is 161 Å². The molecule has 0 aromatic heterocycles. The van der Waals surface area contributed by atoms with Crippen molar-refractivity contribution >= 4 is 5.97 Å². The Morgan fingerprint density at radius 2 is 2.00 bits per heavy atom. The summed E-state index contributed by atoms with van der Waals surface area (Å²) < 4.78 is 21.7. The molecule has 2 aliphatic rings. The van der Waals surface area contributed by atoms with Crippen LogP contribution in [-0.4, -0.2) is 71.1 Å². The van der Waals surface area contributed by atoms with Crippen LogP contribution in [-0.2, 0) is 9.47 Å². The molecule has 0 unspecified atom stereocenters. The Morgan fingerprint density at radius 3 is 2.61 bits per heavy atom. The third kappa shape index (κ3) is 3.42. The molecule has 9 nitrogen and oxygen atoms in total. The van der Waals surface area contributed by atoms with Gasteiger partial charge >= 0.3 is 5.97 Å². The van der Waals surface area contributed by atoms with Crippen LogP contribution in [0.1, 0.15) is 35.9 Å². The monoisotopic (exact) mass is 396 g/mol. The first kappa shape index (κ1) is 20.4. The van der Waals surface area contributed by atoms with Crippen LogP contribution >= 0.6 is 0 Å². The number of carbonyl (C=O) groups excluding carboxylic acids is 1. The van der Waals surface area contributed by atoms with E-state index in [1.165, 1.54) is 13.2 Å². The molecule has 0 aliphatic carbocycles. The Bertz CT molecular complexity index is 784. The smallest absolute Gasteiger partial charge is 0.339 e. The number of aliphatic hydroxyl groups is 3. The minimum Gasteiger partial charge on any atom is -0.504 e. The molecule has 0 bridgehead atoms. The summed E-state index contributed by atoms with van der Waals surface area (Å²) in [6.07, 6.45) is -4.57. The molecule has 154 valence electrons. The van der Waals surface area contributed by atoms with E-state index >= 15 is 0 Å². The summed E-state index contributed by atoms with van der Waals surface area (Å²) in [6.45, 7) is 3.44. The number of aromatic hydroxyl groups is 1. The van der Waals surface area contributed by atoms with Crippen LogP contribution in [0.5, 0.6) is 17.2 Å². The molecule has 28 heavy (non-hydrogen) atoms.